The number of likely N-dealkylation sites (tertiary alicyclic amines) is 1. The van der Waals surface area contributed by atoms with E-state index in [9.17, 15) is 18.3 Å². The highest BCUT2D eigenvalue weighted by molar-refractivity contribution is 7.89. The number of likely N-dealkylation sites (N-methyl/N-ethyl adjacent to an activating group) is 1. The van der Waals surface area contributed by atoms with Crippen molar-refractivity contribution in [3.8, 4) is 0 Å². The van der Waals surface area contributed by atoms with Gasteiger partial charge in [0.1, 0.15) is 4.90 Å². The van der Waals surface area contributed by atoms with Crippen LogP contribution >= 0.6 is 0 Å². The normalized spacial score (nSPS) is 26.9. The smallest absolute Gasteiger partial charge is 0.311 e. The molecule has 2 saturated heterocycles. The lowest BCUT2D eigenvalue weighted by Gasteiger charge is -2.51. The van der Waals surface area contributed by atoms with Gasteiger partial charge in [-0.3, -0.25) is 9.78 Å². The third kappa shape index (κ3) is 2.91. The molecule has 28 heavy (non-hydrogen) atoms. The second kappa shape index (κ2) is 6.79. The largest absolute Gasteiger partial charge is 0.481 e. The minimum atomic E-state index is -3.79. The van der Waals surface area contributed by atoms with Crippen molar-refractivity contribution >= 4 is 26.9 Å². The van der Waals surface area contributed by atoms with E-state index in [1.54, 1.807) is 18.3 Å². The van der Waals surface area contributed by atoms with Gasteiger partial charge in [-0.1, -0.05) is 6.07 Å². The van der Waals surface area contributed by atoms with E-state index in [2.05, 4.69) is 4.98 Å². The fraction of sp³-hybridized carbons (Fsp3) is 0.500. The number of carboxylic acid groups (broad SMARTS) is 1. The summed E-state index contributed by atoms with van der Waals surface area (Å²) in [6.45, 7) is 3.04. The zero-order chi connectivity index (χ0) is 20.1. The molecule has 1 N–H and O–H groups in total. The van der Waals surface area contributed by atoms with Gasteiger partial charge in [0.2, 0.25) is 10.0 Å². The predicted molar refractivity (Wildman–Crippen MR) is 106 cm³/mol. The van der Waals surface area contributed by atoms with Crippen molar-refractivity contribution in [2.75, 3.05) is 26.7 Å². The van der Waals surface area contributed by atoms with Crippen LogP contribution in [0.3, 0.4) is 0 Å². The number of hydrogen-bond donors (Lipinski definition) is 1. The number of aryl methyl sites for hydroxylation is 1. The molecule has 2 fully saturated rings. The van der Waals surface area contributed by atoms with Gasteiger partial charge >= 0.3 is 5.97 Å². The molecular weight excluding hydrogens is 378 g/mol. The molecule has 1 aromatic carbocycles. The molecule has 150 valence electrons. The molecule has 4 rings (SSSR count). The van der Waals surface area contributed by atoms with E-state index in [0.717, 1.165) is 23.9 Å². The average molecular weight is 404 g/mol. The number of hydrogen-bond acceptors (Lipinski definition) is 5. The summed E-state index contributed by atoms with van der Waals surface area (Å²) in [5.74, 6) is -0.816. The zero-order valence-corrected chi connectivity index (χ0v) is 16.9. The van der Waals surface area contributed by atoms with Crippen LogP contribution in [0.25, 0.3) is 10.9 Å². The van der Waals surface area contributed by atoms with Crippen LogP contribution in [0.4, 0.5) is 0 Å². The summed E-state index contributed by atoms with van der Waals surface area (Å²) in [6.07, 6.45) is 3.34. The molecule has 0 unspecified atom stereocenters. The molecule has 2 aliphatic rings. The lowest BCUT2D eigenvalue weighted by molar-refractivity contribution is -0.160. The van der Waals surface area contributed by atoms with Crippen LogP contribution in [-0.2, 0) is 14.8 Å². The zero-order valence-electron chi connectivity index (χ0n) is 16.1. The van der Waals surface area contributed by atoms with Gasteiger partial charge in [0.05, 0.1) is 10.9 Å². The monoisotopic (exact) mass is 403 g/mol. The summed E-state index contributed by atoms with van der Waals surface area (Å²) in [6, 6.07) is 6.90. The highest BCUT2D eigenvalue weighted by Crippen LogP contribution is 2.43. The Labute approximate surface area is 165 Å². The van der Waals surface area contributed by atoms with Gasteiger partial charge in [-0.25, -0.2) is 8.42 Å². The van der Waals surface area contributed by atoms with Crippen LogP contribution < -0.4 is 0 Å². The molecule has 1 aromatic heterocycles. The Morgan fingerprint density at radius 1 is 1.29 bits per heavy atom. The predicted octanol–water partition coefficient (Wildman–Crippen LogP) is 2.10. The molecule has 3 heterocycles. The summed E-state index contributed by atoms with van der Waals surface area (Å²) < 4.78 is 28.5. The second-order valence-corrected chi connectivity index (χ2v) is 9.92. The Kier molecular flexibility index (Phi) is 4.68. The summed E-state index contributed by atoms with van der Waals surface area (Å²) in [5, 5.41) is 10.7. The molecular formula is C20H25N3O4S. The quantitative estimate of drug-likeness (QED) is 0.844. The molecule has 0 bridgehead atoms. The molecule has 0 radical (unpaired) electrons. The number of benzene rings is 1. The molecule has 2 aliphatic heterocycles. The molecule has 0 spiro atoms. The second-order valence-electron chi connectivity index (χ2n) is 8.01. The van der Waals surface area contributed by atoms with E-state index in [1.165, 1.54) is 4.31 Å². The van der Waals surface area contributed by atoms with Crippen molar-refractivity contribution in [3.05, 3.63) is 36.0 Å². The summed E-state index contributed by atoms with van der Waals surface area (Å²) >= 11 is 0. The average Bonchev–Trinajstić information content (AvgIpc) is 2.67. The summed E-state index contributed by atoms with van der Waals surface area (Å²) in [5.41, 5.74) is 0.442. The van der Waals surface area contributed by atoms with E-state index >= 15 is 0 Å². The van der Waals surface area contributed by atoms with Crippen molar-refractivity contribution in [2.24, 2.45) is 5.41 Å². The Morgan fingerprint density at radius 2 is 2.07 bits per heavy atom. The van der Waals surface area contributed by atoms with E-state index < -0.39 is 21.4 Å². The van der Waals surface area contributed by atoms with Crippen LogP contribution in [0.2, 0.25) is 0 Å². The standard InChI is InChI=1S/C20H25N3O4S/c1-14-11-15-5-3-8-21-18(15)16(12-14)28(26,27)23-10-7-20(19(24)25)6-4-9-22(2)17(20)13-23/h3,5,8,11-12,17H,4,6-7,9-10,13H2,1-2H3,(H,24,25)/t17-,20+/m1/s1. The maximum atomic E-state index is 13.5. The summed E-state index contributed by atoms with van der Waals surface area (Å²) in [7, 11) is -1.90. The van der Waals surface area contributed by atoms with Crippen molar-refractivity contribution < 1.29 is 18.3 Å². The third-order valence-corrected chi connectivity index (χ3v) is 8.22. The topological polar surface area (TPSA) is 90.8 Å². The van der Waals surface area contributed by atoms with Gasteiger partial charge in [-0.2, -0.15) is 4.31 Å². The van der Waals surface area contributed by atoms with Gasteiger partial charge in [0, 0.05) is 30.7 Å². The van der Waals surface area contributed by atoms with Gasteiger partial charge < -0.3 is 10.0 Å². The minimum absolute atomic E-state index is 0.188. The number of carbonyl (C=O) groups is 1. The van der Waals surface area contributed by atoms with E-state index in [0.29, 0.717) is 18.4 Å². The lowest BCUT2D eigenvalue weighted by atomic mass is 9.69. The number of rotatable bonds is 3. The maximum Gasteiger partial charge on any atom is 0.311 e. The highest BCUT2D eigenvalue weighted by atomic mass is 32.2. The van der Waals surface area contributed by atoms with Crippen LogP contribution in [0.15, 0.2) is 35.4 Å². The van der Waals surface area contributed by atoms with Crippen LogP contribution in [0.5, 0.6) is 0 Å². The van der Waals surface area contributed by atoms with E-state index in [1.807, 2.05) is 31.0 Å². The van der Waals surface area contributed by atoms with Gasteiger partial charge in [0.25, 0.3) is 0 Å². The van der Waals surface area contributed by atoms with Gasteiger partial charge in [0.15, 0.2) is 0 Å². The van der Waals surface area contributed by atoms with Crippen molar-refractivity contribution in [1.82, 2.24) is 14.2 Å². The molecule has 0 amide bonds. The number of fused-ring (bicyclic) bond motifs is 2. The number of sulfonamides is 1. The number of nitrogens with zero attached hydrogens (tertiary/aromatic N) is 3. The molecule has 2 atom stereocenters. The Balaban J connectivity index is 1.75. The van der Waals surface area contributed by atoms with Gasteiger partial charge in [-0.15, -0.1) is 0 Å². The molecule has 0 aliphatic carbocycles. The number of aromatic nitrogens is 1. The number of carboxylic acids is 1. The van der Waals surface area contributed by atoms with Crippen molar-refractivity contribution in [2.45, 2.75) is 37.1 Å². The van der Waals surface area contributed by atoms with Crippen LogP contribution in [0, 0.1) is 12.3 Å². The first-order chi connectivity index (χ1) is 13.3. The fourth-order valence-electron chi connectivity index (χ4n) is 4.81. The first kappa shape index (κ1) is 19.3. The van der Waals surface area contributed by atoms with E-state index in [-0.39, 0.29) is 24.0 Å². The van der Waals surface area contributed by atoms with Crippen LogP contribution in [-0.4, -0.2) is 66.4 Å². The lowest BCUT2D eigenvalue weighted by Crippen LogP contribution is -2.63. The number of piperidine rings is 2. The Hall–Kier alpha value is -2.03. The fourth-order valence-corrected chi connectivity index (χ4v) is 6.51. The SMILES string of the molecule is Cc1cc(S(=O)(=O)N2CC[C@@]3(C(=O)O)CCCN(C)[C@@H]3C2)c2ncccc2c1. The number of pyridine rings is 1. The molecule has 0 saturated carbocycles. The Bertz CT molecular complexity index is 1040. The third-order valence-electron chi connectivity index (χ3n) is 6.35. The van der Waals surface area contributed by atoms with Crippen molar-refractivity contribution in [3.63, 3.8) is 0 Å². The van der Waals surface area contributed by atoms with E-state index in [4.69, 9.17) is 0 Å². The highest BCUT2D eigenvalue weighted by Gasteiger charge is 2.53. The first-order valence-electron chi connectivity index (χ1n) is 9.55. The Morgan fingerprint density at radius 3 is 2.82 bits per heavy atom. The summed E-state index contributed by atoms with van der Waals surface area (Å²) in [4.78, 5) is 18.6. The molecule has 8 heteroatoms. The minimum Gasteiger partial charge on any atom is -0.481 e. The molecule has 7 nitrogen and oxygen atoms in total. The van der Waals surface area contributed by atoms with Crippen molar-refractivity contribution in [1.29, 1.82) is 0 Å². The first-order valence-corrected chi connectivity index (χ1v) is 11.0. The molecule has 2 aromatic rings. The van der Waals surface area contributed by atoms with Gasteiger partial charge in [-0.05, 0) is 63.5 Å². The maximum absolute atomic E-state index is 13.5. The van der Waals surface area contributed by atoms with Crippen LogP contribution in [0.1, 0.15) is 24.8 Å². The number of aliphatic carboxylic acids is 1.